The Bertz CT molecular complexity index is 620. The highest BCUT2D eigenvalue weighted by Crippen LogP contribution is 2.25. The Labute approximate surface area is 152 Å². The molecule has 2 amide bonds. The largest absolute Gasteiger partial charge is 0.381 e. The predicted octanol–water partition coefficient (Wildman–Crippen LogP) is 1.49. The van der Waals surface area contributed by atoms with E-state index in [1.165, 1.54) is 0 Å². The van der Waals surface area contributed by atoms with E-state index in [1.54, 1.807) is 23.1 Å². The topological polar surface area (TPSA) is 84.7 Å². The van der Waals surface area contributed by atoms with E-state index in [0.717, 1.165) is 5.69 Å². The Morgan fingerprint density at radius 2 is 2.08 bits per heavy atom. The van der Waals surface area contributed by atoms with Crippen molar-refractivity contribution in [3.63, 3.8) is 0 Å². The Hall–Kier alpha value is -1.34. The number of halogens is 2. The van der Waals surface area contributed by atoms with Crippen LogP contribution in [0.25, 0.3) is 0 Å². The molecule has 132 valence electrons. The van der Waals surface area contributed by atoms with E-state index in [2.05, 4.69) is 5.32 Å². The molecule has 1 aromatic carbocycles. The SMILES string of the molecule is Cl.NC1(C(=O)NC2CCN(c3cccc(Cl)c3)C2=O)CCOCC1. The van der Waals surface area contributed by atoms with Crippen LogP contribution < -0.4 is 16.0 Å². The van der Waals surface area contributed by atoms with Gasteiger partial charge in [-0.25, -0.2) is 0 Å². The summed E-state index contributed by atoms with van der Waals surface area (Å²) in [7, 11) is 0. The number of hydrogen-bond acceptors (Lipinski definition) is 4. The summed E-state index contributed by atoms with van der Waals surface area (Å²) in [5, 5.41) is 3.38. The third-order valence-electron chi connectivity index (χ3n) is 4.47. The number of benzene rings is 1. The van der Waals surface area contributed by atoms with Crippen molar-refractivity contribution in [3.8, 4) is 0 Å². The first-order valence-corrected chi connectivity index (χ1v) is 8.12. The van der Waals surface area contributed by atoms with Crippen LogP contribution in [-0.2, 0) is 14.3 Å². The van der Waals surface area contributed by atoms with Crippen molar-refractivity contribution in [2.75, 3.05) is 24.7 Å². The van der Waals surface area contributed by atoms with Gasteiger partial charge in [-0.05, 0) is 37.5 Å². The molecule has 2 fully saturated rings. The minimum absolute atomic E-state index is 0. The summed E-state index contributed by atoms with van der Waals surface area (Å²) in [5.41, 5.74) is 5.96. The number of ether oxygens (including phenoxy) is 1. The lowest BCUT2D eigenvalue weighted by atomic mass is 9.90. The number of carbonyl (C=O) groups excluding carboxylic acids is 2. The average Bonchev–Trinajstić information content (AvgIpc) is 2.89. The van der Waals surface area contributed by atoms with Crippen LogP contribution in [0.1, 0.15) is 19.3 Å². The maximum atomic E-state index is 12.5. The van der Waals surface area contributed by atoms with E-state index in [0.29, 0.717) is 44.0 Å². The van der Waals surface area contributed by atoms with E-state index in [-0.39, 0.29) is 24.2 Å². The normalized spacial score (nSPS) is 22.8. The fourth-order valence-electron chi connectivity index (χ4n) is 2.98. The number of carbonyl (C=O) groups is 2. The van der Waals surface area contributed by atoms with Gasteiger partial charge in [-0.1, -0.05) is 17.7 Å². The Kier molecular flexibility index (Phi) is 6.09. The van der Waals surface area contributed by atoms with E-state index in [1.807, 2.05) is 6.07 Å². The minimum Gasteiger partial charge on any atom is -0.381 e. The maximum absolute atomic E-state index is 12.5. The number of hydrogen-bond donors (Lipinski definition) is 2. The average molecular weight is 374 g/mol. The summed E-state index contributed by atoms with van der Waals surface area (Å²) < 4.78 is 5.24. The van der Waals surface area contributed by atoms with Crippen LogP contribution in [0.2, 0.25) is 5.02 Å². The number of nitrogens with two attached hydrogens (primary N) is 1. The molecular formula is C16H21Cl2N3O3. The summed E-state index contributed by atoms with van der Waals surface area (Å²) in [6.45, 7) is 1.49. The summed E-state index contributed by atoms with van der Waals surface area (Å²) in [4.78, 5) is 26.6. The zero-order chi connectivity index (χ0) is 16.4. The molecule has 24 heavy (non-hydrogen) atoms. The van der Waals surface area contributed by atoms with Gasteiger partial charge in [0, 0.05) is 30.5 Å². The van der Waals surface area contributed by atoms with Gasteiger partial charge < -0.3 is 20.7 Å². The molecular weight excluding hydrogens is 353 g/mol. The molecule has 3 rings (SSSR count). The molecule has 1 atom stereocenters. The van der Waals surface area contributed by atoms with Gasteiger partial charge in [0.25, 0.3) is 0 Å². The lowest BCUT2D eigenvalue weighted by Crippen LogP contribution is -2.59. The van der Waals surface area contributed by atoms with Gasteiger partial charge in [0.15, 0.2) is 0 Å². The van der Waals surface area contributed by atoms with Gasteiger partial charge >= 0.3 is 0 Å². The van der Waals surface area contributed by atoms with Crippen molar-refractivity contribution in [1.29, 1.82) is 0 Å². The predicted molar refractivity (Wildman–Crippen MR) is 94.6 cm³/mol. The van der Waals surface area contributed by atoms with Gasteiger partial charge in [-0.15, -0.1) is 12.4 Å². The fourth-order valence-corrected chi connectivity index (χ4v) is 3.16. The highest BCUT2D eigenvalue weighted by atomic mass is 35.5. The van der Waals surface area contributed by atoms with Crippen LogP contribution in [0.4, 0.5) is 5.69 Å². The highest BCUT2D eigenvalue weighted by Gasteiger charge is 2.40. The Balaban J connectivity index is 0.00000208. The Morgan fingerprint density at radius 3 is 2.75 bits per heavy atom. The molecule has 6 nitrogen and oxygen atoms in total. The third-order valence-corrected chi connectivity index (χ3v) is 4.70. The zero-order valence-corrected chi connectivity index (χ0v) is 14.7. The van der Waals surface area contributed by atoms with Gasteiger partial charge in [0.1, 0.15) is 6.04 Å². The summed E-state index contributed by atoms with van der Waals surface area (Å²) in [5.74, 6) is -0.400. The maximum Gasteiger partial charge on any atom is 0.249 e. The van der Waals surface area contributed by atoms with Crippen molar-refractivity contribution in [2.24, 2.45) is 5.73 Å². The molecule has 0 radical (unpaired) electrons. The Morgan fingerprint density at radius 1 is 1.38 bits per heavy atom. The van der Waals surface area contributed by atoms with Crippen LogP contribution in [0, 0.1) is 0 Å². The van der Waals surface area contributed by atoms with E-state index < -0.39 is 11.6 Å². The standard InChI is InChI=1S/C16H20ClN3O3.ClH/c17-11-2-1-3-12(10-11)20-7-4-13(14(20)21)19-15(22)16(18)5-8-23-9-6-16;/h1-3,10,13H,4-9,18H2,(H,19,22);1H. The molecule has 1 unspecified atom stereocenters. The summed E-state index contributed by atoms with van der Waals surface area (Å²) >= 11 is 5.98. The molecule has 0 spiro atoms. The second-order valence-corrected chi connectivity index (χ2v) is 6.49. The third kappa shape index (κ3) is 3.83. The number of amides is 2. The first kappa shape index (κ1) is 19.0. The van der Waals surface area contributed by atoms with E-state index in [4.69, 9.17) is 22.1 Å². The molecule has 3 N–H and O–H groups in total. The fraction of sp³-hybridized carbons (Fsp3) is 0.500. The van der Waals surface area contributed by atoms with Crippen LogP contribution in [0.15, 0.2) is 24.3 Å². The lowest BCUT2D eigenvalue weighted by molar-refractivity contribution is -0.132. The number of nitrogens with zero attached hydrogens (tertiary/aromatic N) is 1. The van der Waals surface area contributed by atoms with E-state index >= 15 is 0 Å². The van der Waals surface area contributed by atoms with Crippen LogP contribution in [0.5, 0.6) is 0 Å². The summed E-state index contributed by atoms with van der Waals surface area (Å²) in [6, 6.07) is 6.59. The van der Waals surface area contributed by atoms with Crippen molar-refractivity contribution in [2.45, 2.75) is 30.8 Å². The number of rotatable bonds is 3. The molecule has 2 aliphatic heterocycles. The van der Waals surface area contributed by atoms with Gasteiger partial charge in [-0.2, -0.15) is 0 Å². The number of nitrogens with one attached hydrogen (secondary N) is 1. The number of anilines is 1. The molecule has 0 aliphatic carbocycles. The lowest BCUT2D eigenvalue weighted by Gasteiger charge is -2.32. The first-order valence-electron chi connectivity index (χ1n) is 7.74. The van der Waals surface area contributed by atoms with Crippen LogP contribution >= 0.6 is 24.0 Å². The van der Waals surface area contributed by atoms with Gasteiger partial charge in [0.05, 0.1) is 5.54 Å². The second-order valence-electron chi connectivity index (χ2n) is 6.05. The summed E-state index contributed by atoms with van der Waals surface area (Å²) in [6.07, 6.45) is 1.50. The van der Waals surface area contributed by atoms with Crippen molar-refractivity contribution < 1.29 is 14.3 Å². The van der Waals surface area contributed by atoms with E-state index in [9.17, 15) is 9.59 Å². The molecule has 0 saturated carbocycles. The quantitative estimate of drug-likeness (QED) is 0.840. The minimum atomic E-state index is -0.942. The molecule has 0 aromatic heterocycles. The second kappa shape index (κ2) is 7.70. The van der Waals surface area contributed by atoms with Crippen molar-refractivity contribution in [1.82, 2.24) is 5.32 Å². The van der Waals surface area contributed by atoms with Crippen LogP contribution in [-0.4, -0.2) is 43.2 Å². The molecule has 1 aromatic rings. The molecule has 0 bridgehead atoms. The monoisotopic (exact) mass is 373 g/mol. The molecule has 8 heteroatoms. The first-order chi connectivity index (χ1) is 11.0. The molecule has 2 heterocycles. The molecule has 2 aliphatic rings. The van der Waals surface area contributed by atoms with Gasteiger partial charge in [0.2, 0.25) is 11.8 Å². The zero-order valence-electron chi connectivity index (χ0n) is 13.2. The van der Waals surface area contributed by atoms with Crippen LogP contribution in [0.3, 0.4) is 0 Å². The van der Waals surface area contributed by atoms with Crippen molar-refractivity contribution in [3.05, 3.63) is 29.3 Å². The highest BCUT2D eigenvalue weighted by molar-refractivity contribution is 6.31. The van der Waals surface area contributed by atoms with Crippen molar-refractivity contribution >= 4 is 41.5 Å². The van der Waals surface area contributed by atoms with Gasteiger partial charge in [-0.3, -0.25) is 9.59 Å². The molecule has 2 saturated heterocycles. The smallest absolute Gasteiger partial charge is 0.249 e.